The molecule has 1 heterocycles. The number of ether oxygens (including phenoxy) is 1. The Balaban J connectivity index is 3.02. The van der Waals surface area contributed by atoms with Crippen molar-refractivity contribution in [3.05, 3.63) is 16.7 Å². The van der Waals surface area contributed by atoms with Crippen molar-refractivity contribution in [1.29, 1.82) is 0 Å². The average molecular weight is 234 g/mol. The summed E-state index contributed by atoms with van der Waals surface area (Å²) in [6.07, 6.45) is 1.98. The highest BCUT2D eigenvalue weighted by Crippen LogP contribution is 2.22. The molecule has 0 unspecified atom stereocenters. The van der Waals surface area contributed by atoms with Gasteiger partial charge in [0.1, 0.15) is 15.4 Å². The minimum absolute atomic E-state index is 0.807. The van der Waals surface area contributed by atoms with Crippen LogP contribution in [0.4, 0.5) is 0 Å². The summed E-state index contributed by atoms with van der Waals surface area (Å²) in [6, 6.07) is 3.73. The van der Waals surface area contributed by atoms with Crippen LogP contribution < -0.4 is 4.74 Å². The van der Waals surface area contributed by atoms with Crippen LogP contribution >= 0.6 is 27.7 Å². The molecule has 0 amide bonds. The molecule has 2 nitrogen and oxygen atoms in total. The smallest absolute Gasteiger partial charge is 0.124 e. The highest BCUT2D eigenvalue weighted by Gasteiger charge is 1.98. The van der Waals surface area contributed by atoms with E-state index in [1.165, 1.54) is 0 Å². The van der Waals surface area contributed by atoms with Gasteiger partial charge in [-0.05, 0) is 22.2 Å². The second kappa shape index (κ2) is 3.97. The lowest BCUT2D eigenvalue weighted by Crippen LogP contribution is -1.86. The van der Waals surface area contributed by atoms with E-state index in [4.69, 9.17) is 4.74 Å². The minimum Gasteiger partial charge on any atom is -0.497 e. The Morgan fingerprint density at radius 2 is 2.27 bits per heavy atom. The van der Waals surface area contributed by atoms with Gasteiger partial charge >= 0.3 is 0 Å². The van der Waals surface area contributed by atoms with Crippen LogP contribution in [-0.4, -0.2) is 18.3 Å². The van der Waals surface area contributed by atoms with Crippen molar-refractivity contribution in [3.63, 3.8) is 0 Å². The molecule has 4 heteroatoms. The summed E-state index contributed by atoms with van der Waals surface area (Å²) in [6.45, 7) is 0. The second-order valence-corrected chi connectivity index (χ2v) is 3.51. The van der Waals surface area contributed by atoms with Gasteiger partial charge in [-0.15, -0.1) is 11.8 Å². The summed E-state index contributed by atoms with van der Waals surface area (Å²) >= 11 is 4.88. The van der Waals surface area contributed by atoms with E-state index in [1.807, 2.05) is 18.4 Å². The second-order valence-electron chi connectivity index (χ2n) is 1.87. The summed E-state index contributed by atoms with van der Waals surface area (Å²) in [7, 11) is 1.64. The first-order valence-corrected chi connectivity index (χ1v) is 5.03. The molecule has 0 bridgehead atoms. The molecule has 0 aliphatic heterocycles. The van der Waals surface area contributed by atoms with E-state index >= 15 is 0 Å². The van der Waals surface area contributed by atoms with Crippen molar-refractivity contribution in [1.82, 2.24) is 4.98 Å². The Bertz CT molecular complexity index is 232. The first-order chi connectivity index (χ1) is 5.26. The van der Waals surface area contributed by atoms with E-state index < -0.39 is 0 Å². The van der Waals surface area contributed by atoms with Gasteiger partial charge in [-0.3, -0.25) is 0 Å². The van der Waals surface area contributed by atoms with Crippen LogP contribution in [-0.2, 0) is 0 Å². The van der Waals surface area contributed by atoms with E-state index in [0.717, 1.165) is 15.4 Å². The number of halogens is 1. The maximum Gasteiger partial charge on any atom is 0.124 e. The molecule has 0 atom stereocenters. The molecule has 0 fully saturated rings. The van der Waals surface area contributed by atoms with Gasteiger partial charge in [0.2, 0.25) is 0 Å². The molecule has 0 spiro atoms. The van der Waals surface area contributed by atoms with Crippen LogP contribution in [0.3, 0.4) is 0 Å². The number of methoxy groups -OCH3 is 1. The largest absolute Gasteiger partial charge is 0.497 e. The highest BCUT2D eigenvalue weighted by atomic mass is 79.9. The molecule has 60 valence electrons. The van der Waals surface area contributed by atoms with Crippen LogP contribution in [0.5, 0.6) is 5.75 Å². The summed E-state index contributed by atoms with van der Waals surface area (Å²) in [5.41, 5.74) is 0. The molecule has 0 aromatic carbocycles. The maximum atomic E-state index is 5.05. The zero-order valence-corrected chi connectivity index (χ0v) is 8.70. The number of thioether (sulfide) groups is 1. The number of nitrogens with zero attached hydrogens (tertiary/aromatic N) is 1. The fourth-order valence-corrected chi connectivity index (χ4v) is 1.63. The minimum atomic E-state index is 0.807. The van der Waals surface area contributed by atoms with Crippen molar-refractivity contribution < 1.29 is 4.74 Å². The number of hydrogen-bond donors (Lipinski definition) is 0. The Morgan fingerprint density at radius 1 is 1.55 bits per heavy atom. The summed E-state index contributed by atoms with van der Waals surface area (Å²) in [5, 5.41) is 0.955. The van der Waals surface area contributed by atoms with E-state index in [0.29, 0.717) is 0 Å². The third-order valence-electron chi connectivity index (χ3n) is 1.19. The number of aromatic nitrogens is 1. The fourth-order valence-electron chi connectivity index (χ4n) is 0.673. The van der Waals surface area contributed by atoms with Crippen molar-refractivity contribution in [3.8, 4) is 5.75 Å². The summed E-state index contributed by atoms with van der Waals surface area (Å²) < 4.78 is 5.86. The number of hydrogen-bond acceptors (Lipinski definition) is 3. The van der Waals surface area contributed by atoms with Gasteiger partial charge in [0.25, 0.3) is 0 Å². The third kappa shape index (κ3) is 2.38. The number of rotatable bonds is 2. The van der Waals surface area contributed by atoms with E-state index in [9.17, 15) is 0 Å². The third-order valence-corrected chi connectivity index (χ3v) is 2.22. The molecule has 11 heavy (non-hydrogen) atoms. The van der Waals surface area contributed by atoms with Crippen LogP contribution in [0.15, 0.2) is 21.8 Å². The molecular weight excluding hydrogens is 226 g/mol. The van der Waals surface area contributed by atoms with Crippen LogP contribution in [0, 0.1) is 0 Å². The van der Waals surface area contributed by atoms with E-state index in [2.05, 4.69) is 20.9 Å². The molecule has 1 rings (SSSR count). The van der Waals surface area contributed by atoms with Gasteiger partial charge in [-0.2, -0.15) is 0 Å². The topological polar surface area (TPSA) is 22.1 Å². The zero-order chi connectivity index (χ0) is 8.27. The molecule has 0 aliphatic carbocycles. The monoisotopic (exact) mass is 233 g/mol. The summed E-state index contributed by atoms with van der Waals surface area (Å²) in [5.74, 6) is 0.830. The highest BCUT2D eigenvalue weighted by molar-refractivity contribution is 9.10. The van der Waals surface area contributed by atoms with E-state index in [-0.39, 0.29) is 0 Å². The van der Waals surface area contributed by atoms with Crippen molar-refractivity contribution in [2.75, 3.05) is 13.4 Å². The van der Waals surface area contributed by atoms with Crippen molar-refractivity contribution >= 4 is 27.7 Å². The number of pyridine rings is 1. The normalized spacial score (nSPS) is 9.73. The van der Waals surface area contributed by atoms with Crippen LogP contribution in [0.2, 0.25) is 0 Å². The van der Waals surface area contributed by atoms with Gasteiger partial charge in [0.05, 0.1) is 7.11 Å². The molecule has 1 aromatic heterocycles. The summed E-state index contributed by atoms with van der Waals surface area (Å²) in [4.78, 5) is 4.20. The van der Waals surface area contributed by atoms with Gasteiger partial charge in [0, 0.05) is 12.1 Å². The average Bonchev–Trinajstić information content (AvgIpc) is 2.03. The predicted octanol–water partition coefficient (Wildman–Crippen LogP) is 2.57. The van der Waals surface area contributed by atoms with Gasteiger partial charge in [0.15, 0.2) is 0 Å². The zero-order valence-electron chi connectivity index (χ0n) is 6.30. The van der Waals surface area contributed by atoms with Gasteiger partial charge < -0.3 is 4.74 Å². The maximum absolute atomic E-state index is 5.05. The molecule has 0 saturated carbocycles. The molecule has 0 aliphatic rings. The van der Waals surface area contributed by atoms with E-state index in [1.54, 1.807) is 18.9 Å². The van der Waals surface area contributed by atoms with Crippen LogP contribution in [0.25, 0.3) is 0 Å². The lowest BCUT2D eigenvalue weighted by atomic mass is 10.5. The van der Waals surface area contributed by atoms with Crippen molar-refractivity contribution in [2.24, 2.45) is 0 Å². The Labute approximate surface area is 78.5 Å². The first-order valence-electron chi connectivity index (χ1n) is 3.02. The SMILES string of the molecule is COc1cc(Br)nc(SC)c1. The standard InChI is InChI=1S/C7H8BrNOS/c1-10-5-3-6(8)9-7(4-5)11-2/h3-4H,1-2H3. The Hall–Kier alpha value is -0.220. The lowest BCUT2D eigenvalue weighted by Gasteiger charge is -2.01. The quantitative estimate of drug-likeness (QED) is 0.580. The molecular formula is C7H8BrNOS. The first kappa shape index (κ1) is 8.87. The predicted molar refractivity (Wildman–Crippen MR) is 50.3 cm³/mol. The molecule has 0 N–H and O–H groups in total. The van der Waals surface area contributed by atoms with Crippen molar-refractivity contribution in [2.45, 2.75) is 5.03 Å². The molecule has 0 saturated heterocycles. The Kier molecular flexibility index (Phi) is 3.20. The van der Waals surface area contributed by atoms with Crippen LogP contribution in [0.1, 0.15) is 0 Å². The molecule has 0 radical (unpaired) electrons. The van der Waals surface area contributed by atoms with Gasteiger partial charge in [-0.25, -0.2) is 4.98 Å². The van der Waals surface area contributed by atoms with Gasteiger partial charge in [-0.1, -0.05) is 0 Å². The fraction of sp³-hybridized carbons (Fsp3) is 0.286. The lowest BCUT2D eigenvalue weighted by molar-refractivity contribution is 0.412. The molecule has 1 aromatic rings. The Morgan fingerprint density at radius 3 is 2.82 bits per heavy atom.